The first kappa shape index (κ1) is 23.6. The normalized spacial score (nSPS) is 23.3. The van der Waals surface area contributed by atoms with Crippen LogP contribution >= 0.6 is 11.3 Å². The minimum Gasteiger partial charge on any atom is -0.443 e. The average Bonchev–Trinajstić information content (AvgIpc) is 3.06. The molecule has 0 spiro atoms. The first-order valence-electron chi connectivity index (χ1n) is 11.0. The van der Waals surface area contributed by atoms with Gasteiger partial charge in [0, 0.05) is 31.1 Å². The number of likely N-dealkylation sites (N-methyl/N-ethyl adjacent to an activating group) is 1. The van der Waals surface area contributed by atoms with Crippen molar-refractivity contribution >= 4 is 28.3 Å². The molecule has 0 saturated carbocycles. The van der Waals surface area contributed by atoms with Crippen molar-refractivity contribution in [1.82, 2.24) is 10.2 Å². The van der Waals surface area contributed by atoms with Crippen LogP contribution in [0.15, 0.2) is 0 Å². The maximum absolute atomic E-state index is 12.6. The van der Waals surface area contributed by atoms with Gasteiger partial charge in [0.1, 0.15) is 16.7 Å². The van der Waals surface area contributed by atoms with Gasteiger partial charge in [0.2, 0.25) is 5.91 Å². The number of amides is 2. The first-order valence-corrected chi connectivity index (χ1v) is 11.9. The molecule has 2 aliphatic rings. The number of hydrogen-bond acceptors (Lipinski definition) is 6. The fraction of sp³-hybridized carbons (Fsp3) is 0.696. The van der Waals surface area contributed by atoms with Gasteiger partial charge in [-0.2, -0.15) is 5.26 Å². The van der Waals surface area contributed by atoms with Crippen LogP contribution in [0.3, 0.4) is 0 Å². The Hall–Kier alpha value is -2.11. The van der Waals surface area contributed by atoms with Gasteiger partial charge in [0.25, 0.3) is 0 Å². The topological polar surface area (TPSA) is 85.7 Å². The highest BCUT2D eigenvalue weighted by molar-refractivity contribution is 7.16. The molecule has 1 aromatic rings. The summed E-state index contributed by atoms with van der Waals surface area (Å²) in [7, 11) is 3.76. The van der Waals surface area contributed by atoms with Gasteiger partial charge < -0.3 is 15.0 Å². The van der Waals surface area contributed by atoms with E-state index in [1.165, 1.54) is 21.1 Å². The molecule has 8 heteroatoms. The Balaban J connectivity index is 1.83. The molecule has 0 aromatic carbocycles. The summed E-state index contributed by atoms with van der Waals surface area (Å²) in [6.45, 7) is 9.01. The van der Waals surface area contributed by atoms with Crippen LogP contribution in [0.25, 0.3) is 0 Å². The largest absolute Gasteiger partial charge is 0.443 e. The lowest BCUT2D eigenvalue weighted by Crippen LogP contribution is -2.53. The van der Waals surface area contributed by atoms with Crippen molar-refractivity contribution in [3.8, 4) is 6.07 Å². The molecule has 1 fully saturated rings. The van der Waals surface area contributed by atoms with E-state index in [1.807, 2.05) is 20.8 Å². The van der Waals surface area contributed by atoms with E-state index in [2.05, 4.69) is 30.3 Å². The van der Waals surface area contributed by atoms with Gasteiger partial charge in [-0.05, 0) is 65.0 Å². The second-order valence-corrected chi connectivity index (χ2v) is 10.8. The van der Waals surface area contributed by atoms with Gasteiger partial charge in [0.05, 0.1) is 11.5 Å². The van der Waals surface area contributed by atoms with Gasteiger partial charge in [0.15, 0.2) is 0 Å². The van der Waals surface area contributed by atoms with Gasteiger partial charge in [-0.15, -0.1) is 11.3 Å². The van der Waals surface area contributed by atoms with Crippen molar-refractivity contribution in [1.29, 1.82) is 5.26 Å². The average molecular weight is 447 g/mol. The molecule has 0 radical (unpaired) electrons. The van der Waals surface area contributed by atoms with Crippen LogP contribution in [-0.2, 0) is 22.4 Å². The van der Waals surface area contributed by atoms with Crippen molar-refractivity contribution in [2.75, 3.05) is 32.1 Å². The number of carbonyl (C=O) groups excluding carboxylic acids is 2. The third-order valence-corrected chi connectivity index (χ3v) is 7.47. The molecule has 7 nitrogen and oxygen atoms in total. The van der Waals surface area contributed by atoms with Crippen LogP contribution in [0.4, 0.5) is 9.80 Å². The molecule has 3 atom stereocenters. The maximum Gasteiger partial charge on any atom is 0.415 e. The Labute approximate surface area is 189 Å². The summed E-state index contributed by atoms with van der Waals surface area (Å²) >= 11 is 1.52. The Morgan fingerprint density at radius 1 is 1.35 bits per heavy atom. The van der Waals surface area contributed by atoms with Crippen molar-refractivity contribution in [2.45, 2.75) is 65.0 Å². The van der Waals surface area contributed by atoms with Crippen LogP contribution in [0.1, 0.15) is 56.5 Å². The fourth-order valence-electron chi connectivity index (χ4n) is 4.66. The predicted octanol–water partition coefficient (Wildman–Crippen LogP) is 3.55. The molecule has 0 bridgehead atoms. The number of ether oxygens (including phenoxy) is 1. The fourth-order valence-corrected chi connectivity index (χ4v) is 5.94. The lowest BCUT2D eigenvalue weighted by molar-refractivity contribution is -0.128. The van der Waals surface area contributed by atoms with E-state index in [4.69, 9.17) is 4.74 Å². The molecule has 1 saturated heterocycles. The zero-order valence-corrected chi connectivity index (χ0v) is 20.3. The van der Waals surface area contributed by atoms with Gasteiger partial charge in [-0.3, -0.25) is 9.69 Å². The van der Waals surface area contributed by atoms with Crippen molar-refractivity contribution in [2.24, 2.45) is 11.8 Å². The molecule has 1 N–H and O–H groups in total. The molecule has 31 heavy (non-hydrogen) atoms. The number of nitriles is 1. The lowest BCUT2D eigenvalue weighted by atomic mass is 9.74. The maximum atomic E-state index is 12.6. The van der Waals surface area contributed by atoms with E-state index in [0.29, 0.717) is 29.1 Å². The summed E-state index contributed by atoms with van der Waals surface area (Å²) in [4.78, 5) is 30.1. The highest BCUT2D eigenvalue weighted by atomic mass is 32.1. The molecular weight excluding hydrogens is 412 g/mol. The number of likely N-dealkylation sites (tertiary alicyclic amines) is 1. The second kappa shape index (κ2) is 9.17. The number of nitrogens with zero attached hydrogens (tertiary/aromatic N) is 3. The number of piperidine rings is 1. The van der Waals surface area contributed by atoms with E-state index >= 15 is 0 Å². The molecular formula is C23H34N4O3S. The highest BCUT2D eigenvalue weighted by Crippen LogP contribution is 2.44. The number of nitrogens with one attached hydrogen (secondary N) is 1. The highest BCUT2D eigenvalue weighted by Gasteiger charge is 2.42. The summed E-state index contributed by atoms with van der Waals surface area (Å²) in [6.07, 6.45) is 2.93. The van der Waals surface area contributed by atoms with E-state index in [9.17, 15) is 14.9 Å². The van der Waals surface area contributed by atoms with Crippen LogP contribution in [0.2, 0.25) is 0 Å². The zero-order valence-electron chi connectivity index (χ0n) is 19.4. The molecule has 1 aromatic heterocycles. The smallest absolute Gasteiger partial charge is 0.415 e. The quantitative estimate of drug-likeness (QED) is 0.764. The molecule has 3 unspecified atom stereocenters. The Morgan fingerprint density at radius 3 is 2.68 bits per heavy atom. The van der Waals surface area contributed by atoms with Crippen LogP contribution < -0.4 is 10.2 Å². The number of thiophene rings is 1. The van der Waals surface area contributed by atoms with E-state index in [1.54, 1.807) is 7.05 Å². The predicted molar refractivity (Wildman–Crippen MR) is 122 cm³/mol. The third kappa shape index (κ3) is 5.04. The monoisotopic (exact) mass is 446 g/mol. The minimum atomic E-state index is -0.597. The number of anilines is 1. The van der Waals surface area contributed by atoms with Gasteiger partial charge >= 0.3 is 6.09 Å². The summed E-state index contributed by atoms with van der Waals surface area (Å²) in [5.41, 5.74) is 1.02. The molecule has 2 amide bonds. The Morgan fingerprint density at radius 2 is 2.06 bits per heavy atom. The summed E-state index contributed by atoms with van der Waals surface area (Å²) in [6, 6.07) is 2.69. The van der Waals surface area contributed by atoms with Crippen LogP contribution in [0.5, 0.6) is 0 Å². The Bertz CT molecular complexity index is 883. The van der Waals surface area contributed by atoms with E-state index in [0.717, 1.165) is 37.8 Å². The van der Waals surface area contributed by atoms with Crippen LogP contribution in [-0.4, -0.2) is 55.7 Å². The summed E-state index contributed by atoms with van der Waals surface area (Å²) < 4.78 is 5.50. The van der Waals surface area contributed by atoms with Crippen molar-refractivity contribution < 1.29 is 14.3 Å². The summed E-state index contributed by atoms with van der Waals surface area (Å²) in [5.74, 6) is 0.437. The van der Waals surface area contributed by atoms with Gasteiger partial charge in [-0.25, -0.2) is 4.79 Å². The number of rotatable bonds is 4. The van der Waals surface area contributed by atoms with Gasteiger partial charge in [-0.1, -0.05) is 6.92 Å². The second-order valence-electron chi connectivity index (χ2n) is 9.73. The third-order valence-electron chi connectivity index (χ3n) is 6.14. The number of fused-ring (bicyclic) bond motifs is 2. The zero-order chi connectivity index (χ0) is 22.9. The van der Waals surface area contributed by atoms with E-state index < -0.39 is 11.7 Å². The molecule has 170 valence electrons. The molecule has 1 aliphatic heterocycles. The molecule has 2 heterocycles. The Kier molecular flexibility index (Phi) is 6.97. The summed E-state index contributed by atoms with van der Waals surface area (Å²) in [5, 5.41) is 13.6. The van der Waals surface area contributed by atoms with Crippen molar-refractivity contribution in [3.05, 3.63) is 16.0 Å². The number of hydrogen-bond donors (Lipinski definition) is 1. The molecule has 3 rings (SSSR count). The van der Waals surface area contributed by atoms with E-state index in [-0.39, 0.29) is 11.8 Å². The standard InChI is InChI=1S/C23H34N4O3S/c1-7-8-25-20(28)15-9-14-10-16-17(12-24)21(27(6)22(29)30-23(2,3)4)31-19(16)11-18(14)26(5)13-15/h14-15,18H,7-11,13H2,1-6H3,(H,25,28). The first-order chi connectivity index (χ1) is 14.6. The van der Waals surface area contributed by atoms with Crippen LogP contribution in [0, 0.1) is 23.2 Å². The van der Waals surface area contributed by atoms with Crippen molar-refractivity contribution in [3.63, 3.8) is 0 Å². The SMILES string of the molecule is CCCNC(=O)C1CC2Cc3c(sc(N(C)C(=O)OC(C)(C)C)c3C#N)CC2N(C)C1. The minimum absolute atomic E-state index is 0.0209. The lowest BCUT2D eigenvalue weighted by Gasteiger charge is -2.45. The molecule has 1 aliphatic carbocycles. The number of carbonyl (C=O) groups is 2.